The Morgan fingerprint density at radius 3 is 2.52 bits per heavy atom. The molecule has 1 aliphatic heterocycles. The van der Waals surface area contributed by atoms with Crippen molar-refractivity contribution in [1.29, 1.82) is 0 Å². The lowest BCUT2D eigenvalue weighted by Crippen LogP contribution is -2.49. The fourth-order valence-electron chi connectivity index (χ4n) is 5.05. The number of aromatic nitrogens is 2. The van der Waals surface area contributed by atoms with Crippen molar-refractivity contribution in [1.82, 2.24) is 19.6 Å². The van der Waals surface area contributed by atoms with Gasteiger partial charge in [-0.3, -0.25) is 19.2 Å². The number of alkyl halides is 3. The average molecular weight is 588 g/mol. The van der Waals surface area contributed by atoms with Gasteiger partial charge in [-0.1, -0.05) is 25.1 Å². The summed E-state index contributed by atoms with van der Waals surface area (Å²) in [6, 6.07) is 11.1. The zero-order valence-corrected chi connectivity index (χ0v) is 24.3. The molecule has 42 heavy (non-hydrogen) atoms. The number of halogens is 3. The monoisotopic (exact) mass is 587 g/mol. The number of likely N-dealkylation sites (N-methyl/N-ethyl adjacent to an activating group) is 1. The number of fused-ring (bicyclic) bond motifs is 1. The molecular weight excluding hydrogens is 551 g/mol. The predicted octanol–water partition coefficient (Wildman–Crippen LogP) is 4.35. The van der Waals surface area contributed by atoms with Gasteiger partial charge in [0.2, 0.25) is 0 Å². The van der Waals surface area contributed by atoms with Gasteiger partial charge >= 0.3 is 6.18 Å². The highest BCUT2D eigenvalue weighted by Crippen LogP contribution is 2.35. The molecule has 0 bridgehead atoms. The minimum atomic E-state index is -4.41. The smallest absolute Gasteiger partial charge is 0.416 e. The Morgan fingerprint density at radius 2 is 1.93 bits per heavy atom. The Bertz CT molecular complexity index is 1420. The van der Waals surface area contributed by atoms with Gasteiger partial charge in [-0.05, 0) is 56.8 Å². The van der Waals surface area contributed by atoms with Gasteiger partial charge in [0.05, 0.1) is 35.2 Å². The molecular formula is C30H36F3N5O4. The molecule has 2 heterocycles. The van der Waals surface area contributed by atoms with Crippen molar-refractivity contribution in [2.75, 3.05) is 32.1 Å². The summed E-state index contributed by atoms with van der Waals surface area (Å²) < 4.78 is 47.0. The number of benzene rings is 2. The third kappa shape index (κ3) is 6.93. The number of para-hydroxylation sites is 1. The third-order valence-corrected chi connectivity index (χ3v) is 7.40. The van der Waals surface area contributed by atoms with Gasteiger partial charge in [0.15, 0.2) is 5.75 Å². The molecule has 12 heteroatoms. The summed E-state index contributed by atoms with van der Waals surface area (Å²) in [6.45, 7) is 6.29. The molecule has 2 amide bonds. The van der Waals surface area contributed by atoms with Crippen LogP contribution in [0.25, 0.3) is 0 Å². The maximum atomic E-state index is 13.7. The number of hydrogen-bond donors (Lipinski definition) is 2. The van der Waals surface area contributed by atoms with E-state index < -0.39 is 29.8 Å². The third-order valence-electron chi connectivity index (χ3n) is 7.40. The maximum absolute atomic E-state index is 13.7. The van der Waals surface area contributed by atoms with E-state index >= 15 is 0 Å². The van der Waals surface area contributed by atoms with Crippen molar-refractivity contribution in [3.63, 3.8) is 0 Å². The number of ether oxygens (including phenoxy) is 1. The van der Waals surface area contributed by atoms with Crippen LogP contribution in [0.15, 0.2) is 48.5 Å². The quantitative estimate of drug-likeness (QED) is 0.407. The summed E-state index contributed by atoms with van der Waals surface area (Å²) in [6.07, 6.45) is -4.88. The van der Waals surface area contributed by atoms with Crippen LogP contribution in [-0.2, 0) is 19.8 Å². The molecule has 0 radical (unpaired) electrons. The number of hydrogen-bond acceptors (Lipinski definition) is 6. The first-order valence-electron chi connectivity index (χ1n) is 13.7. The number of aliphatic hydroxyl groups is 1. The summed E-state index contributed by atoms with van der Waals surface area (Å²) in [5, 5.41) is 17.0. The normalized spacial score (nSPS) is 18.2. The minimum Gasteiger partial charge on any atom is -0.486 e. The average Bonchev–Trinajstić information content (AvgIpc) is 3.28. The fraction of sp³-hybridized carbons (Fsp3) is 0.433. The first-order valence-corrected chi connectivity index (χ1v) is 13.7. The molecule has 1 aromatic heterocycles. The fourth-order valence-corrected chi connectivity index (χ4v) is 5.05. The van der Waals surface area contributed by atoms with Crippen molar-refractivity contribution in [2.24, 2.45) is 13.0 Å². The molecule has 2 aromatic carbocycles. The Labute approximate surface area is 242 Å². The number of carbonyl (C=O) groups excluding carboxylic acids is 2. The Hall–Kier alpha value is -3.90. The highest BCUT2D eigenvalue weighted by molar-refractivity contribution is 6.06. The number of aryl methyl sites for hydroxylation is 2. The van der Waals surface area contributed by atoms with Crippen LogP contribution in [0.3, 0.4) is 0 Å². The summed E-state index contributed by atoms with van der Waals surface area (Å²) in [4.78, 5) is 30.4. The molecule has 0 spiro atoms. The second kappa shape index (κ2) is 12.5. The zero-order valence-electron chi connectivity index (χ0n) is 24.3. The molecule has 2 N–H and O–H groups in total. The predicted molar refractivity (Wildman–Crippen MR) is 151 cm³/mol. The van der Waals surface area contributed by atoms with Gasteiger partial charge in [-0.25, -0.2) is 0 Å². The van der Waals surface area contributed by atoms with Crippen LogP contribution in [0.4, 0.5) is 18.9 Å². The molecule has 0 fully saturated rings. The highest BCUT2D eigenvalue weighted by atomic mass is 19.4. The maximum Gasteiger partial charge on any atom is 0.416 e. The summed E-state index contributed by atoms with van der Waals surface area (Å²) in [7, 11) is 3.50. The van der Waals surface area contributed by atoms with Gasteiger partial charge in [0.25, 0.3) is 11.8 Å². The molecule has 0 aliphatic carbocycles. The molecule has 1 aliphatic rings. The van der Waals surface area contributed by atoms with Gasteiger partial charge < -0.3 is 20.1 Å². The van der Waals surface area contributed by atoms with E-state index in [0.717, 1.165) is 12.1 Å². The number of nitrogens with zero attached hydrogens (tertiary/aromatic N) is 4. The zero-order chi connectivity index (χ0) is 30.8. The number of amides is 2. The molecule has 0 saturated carbocycles. The van der Waals surface area contributed by atoms with Crippen LogP contribution in [0.5, 0.6) is 5.75 Å². The van der Waals surface area contributed by atoms with Crippen molar-refractivity contribution in [3.8, 4) is 5.75 Å². The van der Waals surface area contributed by atoms with E-state index in [1.54, 1.807) is 50.1 Å². The standard InChI is InChI=1S/C30H36F3N5O4/c1-18-14-38(20(3)17-39)29(41)23-7-6-8-24(34-28(40)25-13-19(2)35-37(25)5)27(23)42-26(18)16-36(4)15-21-9-11-22(12-10-21)30(31,32)33/h6-13,18,20,26,39H,14-17H2,1-5H3,(H,34,40)/t18-,20-,26+/m1/s1. The molecule has 0 unspecified atom stereocenters. The SMILES string of the molecule is Cc1cc(C(=O)Nc2cccc3c2O[C@@H](CN(C)Cc2ccc(C(F)(F)F)cc2)[C@H](C)CN([C@H](C)CO)C3=O)n(C)n1. The minimum absolute atomic E-state index is 0.199. The van der Waals surface area contributed by atoms with Gasteiger partial charge in [-0.2, -0.15) is 18.3 Å². The van der Waals surface area contributed by atoms with Crippen molar-refractivity contribution < 1.29 is 32.6 Å². The number of carbonyl (C=O) groups is 2. The lowest BCUT2D eigenvalue weighted by atomic mass is 9.98. The number of nitrogens with one attached hydrogen (secondary N) is 1. The van der Waals surface area contributed by atoms with Gasteiger partial charge in [0, 0.05) is 32.6 Å². The van der Waals surface area contributed by atoms with Crippen LogP contribution < -0.4 is 10.1 Å². The largest absolute Gasteiger partial charge is 0.486 e. The lowest BCUT2D eigenvalue weighted by Gasteiger charge is -2.38. The van der Waals surface area contributed by atoms with E-state index in [1.165, 1.54) is 16.8 Å². The topological polar surface area (TPSA) is 99.9 Å². The van der Waals surface area contributed by atoms with Crippen molar-refractivity contribution >= 4 is 17.5 Å². The second-order valence-corrected chi connectivity index (χ2v) is 10.9. The van der Waals surface area contributed by atoms with E-state index in [9.17, 15) is 27.9 Å². The van der Waals surface area contributed by atoms with E-state index in [4.69, 9.17) is 4.74 Å². The van der Waals surface area contributed by atoms with Crippen molar-refractivity contribution in [2.45, 2.75) is 45.6 Å². The molecule has 3 aromatic rings. The van der Waals surface area contributed by atoms with Crippen molar-refractivity contribution in [3.05, 3.63) is 76.6 Å². The lowest BCUT2D eigenvalue weighted by molar-refractivity contribution is -0.137. The highest BCUT2D eigenvalue weighted by Gasteiger charge is 2.35. The first-order chi connectivity index (χ1) is 19.8. The summed E-state index contributed by atoms with van der Waals surface area (Å²) in [5.74, 6) is -0.740. The van der Waals surface area contributed by atoms with E-state index in [1.807, 2.05) is 18.9 Å². The second-order valence-electron chi connectivity index (χ2n) is 10.9. The summed E-state index contributed by atoms with van der Waals surface area (Å²) in [5.41, 5.74) is 1.56. The first kappa shape index (κ1) is 31.0. The molecule has 3 atom stereocenters. The molecule has 0 saturated heterocycles. The van der Waals surface area contributed by atoms with E-state index in [-0.39, 0.29) is 29.7 Å². The number of rotatable bonds is 8. The number of aliphatic hydroxyl groups excluding tert-OH is 1. The molecule has 4 rings (SSSR count). The van der Waals surface area contributed by atoms with Crippen LogP contribution in [0.1, 0.15) is 51.5 Å². The Morgan fingerprint density at radius 1 is 1.24 bits per heavy atom. The Kier molecular flexibility index (Phi) is 9.27. The van der Waals surface area contributed by atoms with Crippen LogP contribution in [0, 0.1) is 12.8 Å². The molecule has 9 nitrogen and oxygen atoms in total. The molecule has 226 valence electrons. The van der Waals surface area contributed by atoms with E-state index in [2.05, 4.69) is 10.4 Å². The summed E-state index contributed by atoms with van der Waals surface area (Å²) >= 11 is 0. The number of anilines is 1. The van der Waals surface area contributed by atoms with Gasteiger partial charge in [-0.15, -0.1) is 0 Å². The van der Waals surface area contributed by atoms with E-state index in [0.29, 0.717) is 42.3 Å². The van der Waals surface area contributed by atoms with Crippen LogP contribution >= 0.6 is 0 Å². The van der Waals surface area contributed by atoms with Crippen LogP contribution in [-0.4, -0.2) is 75.4 Å². The van der Waals surface area contributed by atoms with Gasteiger partial charge in [0.1, 0.15) is 11.8 Å². The Balaban J connectivity index is 1.64. The van der Waals surface area contributed by atoms with Crippen LogP contribution in [0.2, 0.25) is 0 Å².